The van der Waals surface area contributed by atoms with E-state index in [-0.39, 0.29) is 16.5 Å². The van der Waals surface area contributed by atoms with Gasteiger partial charge in [-0.25, -0.2) is 0 Å². The number of benzene rings is 3. The van der Waals surface area contributed by atoms with Gasteiger partial charge < -0.3 is 14.6 Å². The Bertz CT molecular complexity index is 1550. The highest BCUT2D eigenvalue weighted by Gasteiger charge is 2.48. The van der Waals surface area contributed by atoms with Gasteiger partial charge in [0, 0.05) is 10.6 Å². The van der Waals surface area contributed by atoms with Crippen LogP contribution in [0, 0.1) is 6.92 Å². The molecule has 1 aliphatic rings. The van der Waals surface area contributed by atoms with E-state index < -0.39 is 17.7 Å². The van der Waals surface area contributed by atoms with Crippen LogP contribution in [0.4, 0.5) is 5.13 Å². The molecule has 198 valence electrons. The van der Waals surface area contributed by atoms with Crippen molar-refractivity contribution in [3.8, 4) is 11.5 Å². The quantitative estimate of drug-likeness (QED) is 0.157. The highest BCUT2D eigenvalue weighted by molar-refractivity contribution is 7.15. The van der Waals surface area contributed by atoms with Crippen molar-refractivity contribution in [2.24, 2.45) is 0 Å². The van der Waals surface area contributed by atoms with Gasteiger partial charge >= 0.3 is 5.91 Å². The molecular weight excluding hydrogens is 538 g/mol. The molecule has 39 heavy (non-hydrogen) atoms. The molecule has 1 aliphatic heterocycles. The van der Waals surface area contributed by atoms with Gasteiger partial charge in [-0.05, 0) is 61.4 Å². The Kier molecular flexibility index (Phi) is 7.63. The third-order valence-corrected chi connectivity index (χ3v) is 7.19. The number of anilines is 1. The first-order valence-electron chi connectivity index (χ1n) is 12.2. The first-order valence-corrected chi connectivity index (χ1v) is 13.4. The number of aliphatic hydroxyl groups is 1. The van der Waals surface area contributed by atoms with Gasteiger partial charge in [-0.2, -0.15) is 0 Å². The first kappa shape index (κ1) is 26.4. The Morgan fingerprint density at radius 2 is 1.74 bits per heavy atom. The van der Waals surface area contributed by atoms with Crippen LogP contribution in [0.15, 0.2) is 78.4 Å². The minimum atomic E-state index is -0.976. The summed E-state index contributed by atoms with van der Waals surface area (Å²) in [5.74, 6) is -1.01. The number of amides is 1. The largest absolute Gasteiger partial charge is 0.507 e. The van der Waals surface area contributed by atoms with E-state index >= 15 is 0 Å². The van der Waals surface area contributed by atoms with Gasteiger partial charge in [-0.3, -0.25) is 14.5 Å². The number of hydrogen-bond acceptors (Lipinski definition) is 8. The Labute approximate surface area is 234 Å². The number of hydrogen-bond donors (Lipinski definition) is 1. The van der Waals surface area contributed by atoms with Crippen LogP contribution in [0.25, 0.3) is 5.76 Å². The van der Waals surface area contributed by atoms with Gasteiger partial charge in [-0.15, -0.1) is 10.2 Å². The fraction of sp³-hybridized carbons (Fsp3) is 0.172. The van der Waals surface area contributed by atoms with E-state index in [1.807, 2.05) is 37.3 Å². The lowest BCUT2D eigenvalue weighted by Gasteiger charge is -2.23. The van der Waals surface area contributed by atoms with E-state index in [9.17, 15) is 14.7 Å². The minimum Gasteiger partial charge on any atom is -0.507 e. The van der Waals surface area contributed by atoms with E-state index in [4.69, 9.17) is 21.1 Å². The number of aromatic nitrogens is 2. The fourth-order valence-corrected chi connectivity index (χ4v) is 5.15. The summed E-state index contributed by atoms with van der Waals surface area (Å²) >= 11 is 7.20. The maximum atomic E-state index is 13.4. The molecule has 4 aromatic rings. The summed E-state index contributed by atoms with van der Waals surface area (Å²) in [6.07, 6.45) is 0. The van der Waals surface area contributed by atoms with Crippen molar-refractivity contribution >= 4 is 45.5 Å². The number of halogens is 1. The lowest BCUT2D eigenvalue weighted by Crippen LogP contribution is -2.29. The maximum Gasteiger partial charge on any atom is 0.301 e. The Morgan fingerprint density at radius 3 is 2.41 bits per heavy atom. The average Bonchev–Trinajstić information content (AvgIpc) is 3.48. The highest BCUT2D eigenvalue weighted by atomic mass is 35.5. The fourth-order valence-electron chi connectivity index (χ4n) is 4.31. The summed E-state index contributed by atoms with van der Waals surface area (Å²) in [6.45, 7) is 4.31. The molecule has 8 nitrogen and oxygen atoms in total. The second-order valence-corrected chi connectivity index (χ2v) is 10.3. The smallest absolute Gasteiger partial charge is 0.301 e. The number of rotatable bonds is 8. The Balaban J connectivity index is 1.61. The molecule has 0 bridgehead atoms. The Hall–Kier alpha value is -4.21. The third kappa shape index (κ3) is 5.36. The highest BCUT2D eigenvalue weighted by Crippen LogP contribution is 2.45. The van der Waals surface area contributed by atoms with Gasteiger partial charge in [0.1, 0.15) is 17.4 Å². The molecule has 1 fully saturated rings. The van der Waals surface area contributed by atoms with Crippen LogP contribution < -0.4 is 14.4 Å². The zero-order valence-corrected chi connectivity index (χ0v) is 22.7. The van der Waals surface area contributed by atoms with Gasteiger partial charge in [0.2, 0.25) is 5.13 Å². The van der Waals surface area contributed by atoms with Crippen molar-refractivity contribution in [1.82, 2.24) is 10.2 Å². The number of Topliss-reactive ketones (excluding diaryl/α,β-unsaturated/α-hetero) is 1. The van der Waals surface area contributed by atoms with Crippen LogP contribution in [0.2, 0.25) is 5.02 Å². The SMILES string of the molecule is CCOc1cc(C2C(=C(O)c3ccc(Cl)cc3)C(=O)C(=O)N2c2nnc(C)s2)ccc1OCc1ccccc1. The number of nitrogens with zero attached hydrogens (tertiary/aromatic N) is 3. The van der Waals surface area contributed by atoms with Crippen molar-refractivity contribution in [3.63, 3.8) is 0 Å². The predicted molar refractivity (Wildman–Crippen MR) is 149 cm³/mol. The van der Waals surface area contributed by atoms with Gasteiger partial charge in [0.15, 0.2) is 11.5 Å². The van der Waals surface area contributed by atoms with E-state index in [0.29, 0.717) is 45.9 Å². The van der Waals surface area contributed by atoms with E-state index in [1.54, 1.807) is 49.4 Å². The maximum absolute atomic E-state index is 13.4. The van der Waals surface area contributed by atoms with Crippen LogP contribution in [0.5, 0.6) is 11.5 Å². The van der Waals surface area contributed by atoms with Crippen LogP contribution in [-0.2, 0) is 16.2 Å². The second kappa shape index (κ2) is 11.3. The van der Waals surface area contributed by atoms with Crippen LogP contribution in [-0.4, -0.2) is 33.6 Å². The van der Waals surface area contributed by atoms with Crippen LogP contribution in [0.3, 0.4) is 0 Å². The van der Waals surface area contributed by atoms with Crippen molar-refractivity contribution in [1.29, 1.82) is 0 Å². The zero-order valence-electron chi connectivity index (χ0n) is 21.1. The number of aryl methyl sites for hydroxylation is 1. The molecule has 0 saturated carbocycles. The second-order valence-electron chi connectivity index (χ2n) is 8.69. The van der Waals surface area contributed by atoms with Crippen LogP contribution >= 0.6 is 22.9 Å². The van der Waals surface area contributed by atoms with Crippen LogP contribution in [0.1, 0.15) is 34.7 Å². The van der Waals surface area contributed by atoms with Gasteiger partial charge in [-0.1, -0.05) is 59.3 Å². The molecule has 10 heteroatoms. The summed E-state index contributed by atoms with van der Waals surface area (Å²) in [6, 6.07) is 20.3. The lowest BCUT2D eigenvalue weighted by atomic mass is 9.95. The molecule has 1 saturated heterocycles. The van der Waals surface area contributed by atoms with Crippen molar-refractivity contribution < 1.29 is 24.2 Å². The molecule has 1 aromatic heterocycles. The van der Waals surface area contributed by atoms with Crippen molar-refractivity contribution in [3.05, 3.63) is 105 Å². The normalized spacial score (nSPS) is 16.5. The summed E-state index contributed by atoms with van der Waals surface area (Å²) in [5, 5.41) is 20.8. The molecule has 0 spiro atoms. The topological polar surface area (TPSA) is 102 Å². The van der Waals surface area contributed by atoms with E-state index in [1.165, 1.54) is 16.2 Å². The number of carbonyl (C=O) groups is 2. The van der Waals surface area contributed by atoms with Crippen molar-refractivity contribution in [2.75, 3.05) is 11.5 Å². The molecule has 5 rings (SSSR count). The Morgan fingerprint density at radius 1 is 1.00 bits per heavy atom. The van der Waals surface area contributed by atoms with E-state index in [2.05, 4.69) is 10.2 Å². The summed E-state index contributed by atoms with van der Waals surface area (Å²) < 4.78 is 11.9. The monoisotopic (exact) mass is 561 g/mol. The molecule has 1 unspecified atom stereocenters. The lowest BCUT2D eigenvalue weighted by molar-refractivity contribution is -0.132. The summed E-state index contributed by atoms with van der Waals surface area (Å²) in [4.78, 5) is 28.0. The molecule has 1 amide bonds. The molecule has 2 heterocycles. The first-order chi connectivity index (χ1) is 18.9. The van der Waals surface area contributed by atoms with Gasteiger partial charge in [0.05, 0.1) is 18.2 Å². The molecule has 3 aromatic carbocycles. The molecule has 1 N–H and O–H groups in total. The van der Waals surface area contributed by atoms with Gasteiger partial charge in [0.25, 0.3) is 5.78 Å². The summed E-state index contributed by atoms with van der Waals surface area (Å²) in [5.41, 5.74) is 1.80. The van der Waals surface area contributed by atoms with Crippen molar-refractivity contribution in [2.45, 2.75) is 26.5 Å². The molecule has 0 radical (unpaired) electrons. The minimum absolute atomic E-state index is 0.0735. The number of carbonyl (C=O) groups excluding carboxylic acids is 2. The third-order valence-electron chi connectivity index (χ3n) is 6.10. The molecule has 0 aliphatic carbocycles. The molecular formula is C29H24ClN3O5S. The predicted octanol–water partition coefficient (Wildman–Crippen LogP) is 6.10. The average molecular weight is 562 g/mol. The zero-order chi connectivity index (χ0) is 27.5. The van der Waals surface area contributed by atoms with E-state index in [0.717, 1.165) is 5.56 Å². The molecule has 1 atom stereocenters. The number of ketones is 1. The summed E-state index contributed by atoms with van der Waals surface area (Å²) in [7, 11) is 0. The number of ether oxygens (including phenoxy) is 2. The standard InChI is InChI=1S/C29H24ClN3O5S/c1-3-37-23-15-20(11-14-22(23)38-16-18-7-5-4-6-8-18)25-24(26(34)19-9-12-21(30)13-10-19)27(35)28(36)33(25)29-32-31-17(2)39-29/h4-15,25,34H,3,16H2,1-2H3. The number of aliphatic hydroxyl groups excluding tert-OH is 1.